The van der Waals surface area contributed by atoms with Crippen molar-refractivity contribution < 1.29 is 0 Å². The number of likely N-dealkylation sites (tertiary alicyclic amines) is 1. The van der Waals surface area contributed by atoms with Crippen molar-refractivity contribution in [2.75, 3.05) is 19.6 Å². The van der Waals surface area contributed by atoms with Crippen molar-refractivity contribution in [2.45, 2.75) is 52.5 Å². The predicted molar refractivity (Wildman–Crippen MR) is 66.9 cm³/mol. The van der Waals surface area contributed by atoms with Crippen LogP contribution in [0.25, 0.3) is 0 Å². The summed E-state index contributed by atoms with van der Waals surface area (Å²) < 4.78 is 0. The number of hydrogen-bond donors (Lipinski definition) is 1. The largest absolute Gasteiger partial charge is 0.327 e. The molecule has 2 atom stereocenters. The molecule has 1 fully saturated rings. The third kappa shape index (κ3) is 4.98. The van der Waals surface area contributed by atoms with Crippen molar-refractivity contribution in [2.24, 2.45) is 17.6 Å². The highest BCUT2D eigenvalue weighted by Gasteiger charge is 2.15. The fraction of sp³-hybridized carbons (Fsp3) is 1.00. The molecule has 0 aromatic heterocycles. The first-order valence-corrected chi connectivity index (χ1v) is 6.57. The van der Waals surface area contributed by atoms with E-state index in [1.165, 1.54) is 38.9 Å². The first kappa shape index (κ1) is 13.0. The lowest BCUT2D eigenvalue weighted by Crippen LogP contribution is -2.34. The summed E-state index contributed by atoms with van der Waals surface area (Å²) in [6.07, 6.45) is 5.31. The maximum absolute atomic E-state index is 6.07. The summed E-state index contributed by atoms with van der Waals surface area (Å²) in [6, 6.07) is 0.380. The Morgan fingerprint density at radius 2 is 2.00 bits per heavy atom. The number of nitrogens with zero attached hydrogens (tertiary/aromatic N) is 1. The second kappa shape index (κ2) is 6.49. The zero-order chi connectivity index (χ0) is 11.3. The standard InChI is InChI=1S/C13H28N2/c1-11(2)13(14)7-10-15-8-4-5-12(3)6-9-15/h11-13H,4-10,14H2,1-3H3. The summed E-state index contributed by atoms with van der Waals surface area (Å²) in [7, 11) is 0. The molecule has 0 spiro atoms. The van der Waals surface area contributed by atoms with Gasteiger partial charge in [0.15, 0.2) is 0 Å². The third-order valence-electron chi connectivity index (χ3n) is 3.74. The topological polar surface area (TPSA) is 29.3 Å². The second-order valence-electron chi connectivity index (χ2n) is 5.57. The molecule has 1 rings (SSSR count). The summed E-state index contributed by atoms with van der Waals surface area (Å²) in [5, 5.41) is 0. The van der Waals surface area contributed by atoms with E-state index in [9.17, 15) is 0 Å². The maximum atomic E-state index is 6.07. The molecule has 2 heteroatoms. The third-order valence-corrected chi connectivity index (χ3v) is 3.74. The van der Waals surface area contributed by atoms with E-state index in [0.717, 1.165) is 12.3 Å². The smallest absolute Gasteiger partial charge is 0.00740 e. The Hall–Kier alpha value is -0.0800. The first-order chi connectivity index (χ1) is 7.09. The Bertz CT molecular complexity index is 168. The van der Waals surface area contributed by atoms with Gasteiger partial charge in [0.1, 0.15) is 0 Å². The van der Waals surface area contributed by atoms with Crippen molar-refractivity contribution in [3.63, 3.8) is 0 Å². The van der Waals surface area contributed by atoms with Gasteiger partial charge in [0, 0.05) is 6.04 Å². The molecule has 0 amide bonds. The molecular weight excluding hydrogens is 184 g/mol. The first-order valence-electron chi connectivity index (χ1n) is 6.57. The van der Waals surface area contributed by atoms with Crippen LogP contribution in [0.3, 0.4) is 0 Å². The van der Waals surface area contributed by atoms with Gasteiger partial charge in [-0.1, -0.05) is 20.8 Å². The van der Waals surface area contributed by atoms with E-state index < -0.39 is 0 Å². The predicted octanol–water partition coefficient (Wildman–Crippen LogP) is 2.48. The molecule has 1 aliphatic rings. The molecule has 0 radical (unpaired) electrons. The van der Waals surface area contributed by atoms with E-state index in [2.05, 4.69) is 25.7 Å². The highest BCUT2D eigenvalue weighted by molar-refractivity contribution is 4.71. The lowest BCUT2D eigenvalue weighted by molar-refractivity contribution is 0.261. The Morgan fingerprint density at radius 1 is 1.27 bits per heavy atom. The Morgan fingerprint density at radius 3 is 2.67 bits per heavy atom. The van der Waals surface area contributed by atoms with Crippen molar-refractivity contribution in [3.05, 3.63) is 0 Å². The van der Waals surface area contributed by atoms with Crippen LogP contribution in [0.1, 0.15) is 46.5 Å². The van der Waals surface area contributed by atoms with Crippen LogP contribution in [-0.2, 0) is 0 Å². The van der Waals surface area contributed by atoms with Gasteiger partial charge in [-0.05, 0) is 57.2 Å². The van der Waals surface area contributed by atoms with E-state index in [-0.39, 0.29) is 0 Å². The molecule has 0 bridgehead atoms. The van der Waals surface area contributed by atoms with Crippen LogP contribution in [0.4, 0.5) is 0 Å². The molecule has 2 unspecified atom stereocenters. The average Bonchev–Trinajstić information content (AvgIpc) is 2.39. The Kier molecular flexibility index (Phi) is 5.62. The number of rotatable bonds is 4. The fourth-order valence-electron chi connectivity index (χ4n) is 2.21. The molecule has 0 aromatic carbocycles. The van der Waals surface area contributed by atoms with E-state index >= 15 is 0 Å². The van der Waals surface area contributed by atoms with Gasteiger partial charge in [-0.25, -0.2) is 0 Å². The zero-order valence-electron chi connectivity index (χ0n) is 10.7. The minimum absolute atomic E-state index is 0.380. The van der Waals surface area contributed by atoms with Crippen LogP contribution >= 0.6 is 0 Å². The van der Waals surface area contributed by atoms with Crippen LogP contribution in [0.15, 0.2) is 0 Å². The second-order valence-corrected chi connectivity index (χ2v) is 5.57. The SMILES string of the molecule is CC1CCCN(CCC(N)C(C)C)CC1. The highest BCUT2D eigenvalue weighted by atomic mass is 15.1. The van der Waals surface area contributed by atoms with Gasteiger partial charge < -0.3 is 10.6 Å². The molecule has 0 saturated carbocycles. The van der Waals surface area contributed by atoms with E-state index in [1.54, 1.807) is 0 Å². The molecule has 1 aliphatic heterocycles. The van der Waals surface area contributed by atoms with Crippen LogP contribution in [0, 0.1) is 11.8 Å². The fourth-order valence-corrected chi connectivity index (χ4v) is 2.21. The van der Waals surface area contributed by atoms with Crippen molar-refractivity contribution in [1.29, 1.82) is 0 Å². The van der Waals surface area contributed by atoms with E-state index in [0.29, 0.717) is 12.0 Å². The van der Waals surface area contributed by atoms with Crippen LogP contribution in [0.5, 0.6) is 0 Å². The van der Waals surface area contributed by atoms with Gasteiger partial charge in [-0.15, -0.1) is 0 Å². The van der Waals surface area contributed by atoms with E-state index in [1.807, 2.05) is 0 Å². The summed E-state index contributed by atoms with van der Waals surface area (Å²) in [5.41, 5.74) is 6.07. The lowest BCUT2D eigenvalue weighted by Gasteiger charge is -2.23. The van der Waals surface area contributed by atoms with Gasteiger partial charge in [-0.3, -0.25) is 0 Å². The van der Waals surface area contributed by atoms with Crippen molar-refractivity contribution in [1.82, 2.24) is 4.90 Å². The average molecular weight is 212 g/mol. The normalized spacial score (nSPS) is 26.6. The summed E-state index contributed by atoms with van der Waals surface area (Å²) in [4.78, 5) is 2.60. The van der Waals surface area contributed by atoms with Crippen molar-refractivity contribution >= 4 is 0 Å². The number of nitrogens with two attached hydrogens (primary N) is 1. The molecule has 1 heterocycles. The highest BCUT2D eigenvalue weighted by Crippen LogP contribution is 2.17. The Balaban J connectivity index is 2.20. The molecule has 15 heavy (non-hydrogen) atoms. The molecule has 0 aromatic rings. The van der Waals surface area contributed by atoms with Gasteiger partial charge in [0.05, 0.1) is 0 Å². The van der Waals surface area contributed by atoms with Gasteiger partial charge in [0.25, 0.3) is 0 Å². The number of hydrogen-bond acceptors (Lipinski definition) is 2. The minimum atomic E-state index is 0.380. The van der Waals surface area contributed by atoms with Crippen LogP contribution in [-0.4, -0.2) is 30.6 Å². The molecule has 0 aliphatic carbocycles. The lowest BCUT2D eigenvalue weighted by atomic mass is 10.0. The molecule has 1 saturated heterocycles. The molecule has 2 N–H and O–H groups in total. The molecular formula is C13H28N2. The molecule has 2 nitrogen and oxygen atoms in total. The van der Waals surface area contributed by atoms with Crippen LogP contribution in [0.2, 0.25) is 0 Å². The monoisotopic (exact) mass is 212 g/mol. The van der Waals surface area contributed by atoms with Gasteiger partial charge in [-0.2, -0.15) is 0 Å². The summed E-state index contributed by atoms with van der Waals surface area (Å²) in [5.74, 6) is 1.55. The van der Waals surface area contributed by atoms with Crippen LogP contribution < -0.4 is 5.73 Å². The Labute approximate surface area is 95.2 Å². The zero-order valence-corrected chi connectivity index (χ0v) is 10.7. The molecule has 90 valence electrons. The quantitative estimate of drug-likeness (QED) is 0.776. The van der Waals surface area contributed by atoms with Gasteiger partial charge >= 0.3 is 0 Å². The minimum Gasteiger partial charge on any atom is -0.327 e. The van der Waals surface area contributed by atoms with Gasteiger partial charge in [0.2, 0.25) is 0 Å². The summed E-state index contributed by atoms with van der Waals surface area (Å²) in [6.45, 7) is 10.6. The van der Waals surface area contributed by atoms with Crippen molar-refractivity contribution in [3.8, 4) is 0 Å². The van der Waals surface area contributed by atoms with E-state index in [4.69, 9.17) is 5.73 Å². The summed E-state index contributed by atoms with van der Waals surface area (Å²) >= 11 is 0. The maximum Gasteiger partial charge on any atom is 0.00740 e.